The van der Waals surface area contributed by atoms with Crippen molar-refractivity contribution in [3.63, 3.8) is 0 Å². The molecule has 0 saturated carbocycles. The fraction of sp³-hybridized carbons (Fsp3) is 0.529. The van der Waals surface area contributed by atoms with Crippen LogP contribution in [0, 0.1) is 6.92 Å². The molecular formula is C17H23N5O5S. The smallest absolute Gasteiger partial charge is 0.254 e. The summed E-state index contributed by atoms with van der Waals surface area (Å²) in [5.74, 6) is 0.634. The van der Waals surface area contributed by atoms with Gasteiger partial charge in [-0.3, -0.25) is 9.78 Å². The lowest BCUT2D eigenvalue weighted by Crippen LogP contribution is -2.62. The van der Waals surface area contributed by atoms with E-state index < -0.39 is 10.0 Å². The number of aromatic nitrogens is 3. The molecule has 2 aromatic heterocycles. The molecule has 1 aliphatic rings. The Morgan fingerprint density at radius 2 is 2.18 bits per heavy atom. The van der Waals surface area contributed by atoms with Crippen molar-refractivity contribution in [1.82, 2.24) is 24.3 Å². The Balaban J connectivity index is 1.60. The number of carbonyl (C=O) groups excluding carboxylic acids is 1. The van der Waals surface area contributed by atoms with Gasteiger partial charge >= 0.3 is 0 Å². The van der Waals surface area contributed by atoms with Crippen molar-refractivity contribution >= 4 is 15.9 Å². The fourth-order valence-corrected chi connectivity index (χ4v) is 4.17. The van der Waals surface area contributed by atoms with E-state index in [4.69, 9.17) is 9.26 Å². The molecule has 10 nitrogen and oxygen atoms in total. The van der Waals surface area contributed by atoms with Gasteiger partial charge in [0.2, 0.25) is 10.0 Å². The van der Waals surface area contributed by atoms with Gasteiger partial charge in [-0.05, 0) is 19.1 Å². The van der Waals surface area contributed by atoms with Crippen LogP contribution in [0.4, 0.5) is 0 Å². The molecule has 0 unspecified atom stereocenters. The summed E-state index contributed by atoms with van der Waals surface area (Å²) in [5, 5.41) is 3.83. The molecule has 0 atom stereocenters. The fourth-order valence-electron chi connectivity index (χ4n) is 3.07. The number of methoxy groups -OCH3 is 1. The van der Waals surface area contributed by atoms with Crippen LogP contribution in [-0.4, -0.2) is 77.7 Å². The van der Waals surface area contributed by atoms with E-state index >= 15 is 0 Å². The normalized spacial score (nSPS) is 15.1. The molecule has 3 rings (SSSR count). The zero-order valence-corrected chi connectivity index (χ0v) is 16.8. The molecule has 3 heterocycles. The van der Waals surface area contributed by atoms with Crippen molar-refractivity contribution < 1.29 is 22.5 Å². The van der Waals surface area contributed by atoms with Crippen LogP contribution in [0.15, 0.2) is 22.9 Å². The number of carbonyl (C=O) groups is 1. The average Bonchev–Trinajstić information content (AvgIpc) is 3.03. The highest BCUT2D eigenvalue weighted by molar-refractivity contribution is 7.88. The van der Waals surface area contributed by atoms with Gasteiger partial charge in [-0.25, -0.2) is 8.42 Å². The number of hydrogen-bond donors (Lipinski definition) is 0. The van der Waals surface area contributed by atoms with Gasteiger partial charge in [0.15, 0.2) is 5.82 Å². The Bertz CT molecular complexity index is 939. The second kappa shape index (κ2) is 8.33. The first-order valence-corrected chi connectivity index (χ1v) is 10.6. The Hall–Kier alpha value is -2.37. The second-order valence-corrected chi connectivity index (χ2v) is 8.65. The largest absolute Gasteiger partial charge is 0.375 e. The van der Waals surface area contributed by atoms with E-state index in [0.717, 1.165) is 11.9 Å². The first-order valence-electron chi connectivity index (χ1n) is 8.77. The topological polar surface area (TPSA) is 119 Å². The number of ether oxygens (including phenoxy) is 1. The van der Waals surface area contributed by atoms with Crippen LogP contribution in [-0.2, 0) is 27.8 Å². The molecule has 0 N–H and O–H groups in total. The molecule has 152 valence electrons. The van der Waals surface area contributed by atoms with Gasteiger partial charge in [0.1, 0.15) is 6.61 Å². The van der Waals surface area contributed by atoms with E-state index in [0.29, 0.717) is 36.8 Å². The summed E-state index contributed by atoms with van der Waals surface area (Å²) in [5.41, 5.74) is 1.31. The van der Waals surface area contributed by atoms with Crippen LogP contribution in [0.1, 0.15) is 27.8 Å². The molecular weight excluding hydrogens is 386 g/mol. The third-order valence-corrected chi connectivity index (χ3v) is 5.79. The molecule has 1 fully saturated rings. The maximum atomic E-state index is 12.5. The van der Waals surface area contributed by atoms with Crippen LogP contribution in [0.3, 0.4) is 0 Å². The summed E-state index contributed by atoms with van der Waals surface area (Å²) < 4.78 is 35.8. The molecule has 0 spiro atoms. The first kappa shape index (κ1) is 20.4. The summed E-state index contributed by atoms with van der Waals surface area (Å²) in [4.78, 5) is 22.4. The van der Waals surface area contributed by atoms with Crippen LogP contribution >= 0.6 is 0 Å². The number of aryl methyl sites for hydroxylation is 1. The van der Waals surface area contributed by atoms with Gasteiger partial charge in [-0.15, -0.1) is 0 Å². The molecule has 0 radical (unpaired) electrons. The second-order valence-electron chi connectivity index (χ2n) is 6.71. The van der Waals surface area contributed by atoms with Crippen molar-refractivity contribution in [2.45, 2.75) is 26.0 Å². The summed E-state index contributed by atoms with van der Waals surface area (Å²) >= 11 is 0. The predicted molar refractivity (Wildman–Crippen MR) is 98.9 cm³/mol. The van der Waals surface area contributed by atoms with Gasteiger partial charge in [-0.2, -0.15) is 9.29 Å². The molecule has 1 aliphatic heterocycles. The maximum Gasteiger partial charge on any atom is 0.254 e. The summed E-state index contributed by atoms with van der Waals surface area (Å²) in [6, 6.07) is 3.11. The highest BCUT2D eigenvalue weighted by atomic mass is 32.2. The third kappa shape index (κ3) is 4.72. The molecule has 11 heteroatoms. The SMILES string of the molecule is COCc1nc(CCN(C2CN(C(=O)c3ccnc(C)c3)C2)S(C)(=O)=O)no1. The summed E-state index contributed by atoms with van der Waals surface area (Å²) in [6.07, 6.45) is 3.07. The Morgan fingerprint density at radius 1 is 1.43 bits per heavy atom. The monoisotopic (exact) mass is 409 g/mol. The third-order valence-electron chi connectivity index (χ3n) is 4.46. The Kier molecular flexibility index (Phi) is 6.06. The van der Waals surface area contributed by atoms with Crippen molar-refractivity contribution in [3.05, 3.63) is 41.3 Å². The minimum absolute atomic E-state index is 0.127. The van der Waals surface area contributed by atoms with Gasteiger partial charge in [0.25, 0.3) is 11.8 Å². The van der Waals surface area contributed by atoms with Crippen LogP contribution in [0.2, 0.25) is 0 Å². The Labute approximate surface area is 163 Å². The lowest BCUT2D eigenvalue weighted by molar-refractivity contribution is 0.0454. The zero-order valence-electron chi connectivity index (χ0n) is 16.0. The van der Waals surface area contributed by atoms with Crippen molar-refractivity contribution in [3.8, 4) is 0 Å². The quantitative estimate of drug-likeness (QED) is 0.609. The van der Waals surface area contributed by atoms with E-state index in [-0.39, 0.29) is 25.1 Å². The summed E-state index contributed by atoms with van der Waals surface area (Å²) in [6.45, 7) is 2.92. The van der Waals surface area contributed by atoms with Gasteiger partial charge < -0.3 is 14.2 Å². The molecule has 0 bridgehead atoms. The molecule has 1 saturated heterocycles. The van der Waals surface area contributed by atoms with E-state index in [1.807, 2.05) is 6.92 Å². The van der Waals surface area contributed by atoms with E-state index in [1.54, 1.807) is 23.2 Å². The highest BCUT2D eigenvalue weighted by Crippen LogP contribution is 2.21. The van der Waals surface area contributed by atoms with E-state index in [9.17, 15) is 13.2 Å². The van der Waals surface area contributed by atoms with Crippen LogP contribution in [0.25, 0.3) is 0 Å². The number of amides is 1. The Morgan fingerprint density at radius 3 is 2.82 bits per heavy atom. The van der Waals surface area contributed by atoms with E-state index in [2.05, 4.69) is 15.1 Å². The van der Waals surface area contributed by atoms with Gasteiger partial charge in [0, 0.05) is 50.6 Å². The van der Waals surface area contributed by atoms with Crippen LogP contribution in [0.5, 0.6) is 0 Å². The molecule has 0 aliphatic carbocycles. The van der Waals surface area contributed by atoms with E-state index in [1.165, 1.54) is 11.4 Å². The van der Waals surface area contributed by atoms with Crippen molar-refractivity contribution in [2.75, 3.05) is 33.0 Å². The first-order chi connectivity index (χ1) is 13.3. The standard InChI is InChI=1S/C17H23N5O5S/c1-12-8-13(4-6-18-12)17(23)21-9-14(10-21)22(28(3,24)25)7-5-15-19-16(11-26-2)27-20-15/h4,6,8,14H,5,7,9-11H2,1-3H3. The van der Waals surface area contributed by atoms with Crippen LogP contribution < -0.4 is 0 Å². The lowest BCUT2D eigenvalue weighted by atomic mass is 10.1. The number of hydrogen-bond acceptors (Lipinski definition) is 8. The van der Waals surface area contributed by atoms with Gasteiger partial charge in [-0.1, -0.05) is 5.16 Å². The highest BCUT2D eigenvalue weighted by Gasteiger charge is 2.39. The minimum Gasteiger partial charge on any atom is -0.375 e. The minimum atomic E-state index is -3.44. The molecule has 1 amide bonds. The molecule has 2 aromatic rings. The number of sulfonamides is 1. The summed E-state index contributed by atoms with van der Waals surface area (Å²) in [7, 11) is -1.92. The van der Waals surface area contributed by atoms with Crippen molar-refractivity contribution in [2.24, 2.45) is 0 Å². The number of nitrogens with zero attached hydrogens (tertiary/aromatic N) is 5. The van der Waals surface area contributed by atoms with Gasteiger partial charge in [0.05, 0.1) is 12.3 Å². The predicted octanol–water partition coefficient (Wildman–Crippen LogP) is 0.248. The lowest BCUT2D eigenvalue weighted by Gasteiger charge is -2.44. The number of pyridine rings is 1. The number of likely N-dealkylation sites (tertiary alicyclic amines) is 1. The van der Waals surface area contributed by atoms with Crippen molar-refractivity contribution in [1.29, 1.82) is 0 Å². The maximum absolute atomic E-state index is 12.5. The molecule has 28 heavy (non-hydrogen) atoms. The molecule has 0 aromatic carbocycles. The average molecular weight is 409 g/mol. The zero-order chi connectivity index (χ0) is 20.3. The number of rotatable bonds is 8.